The molecule has 0 aliphatic carbocycles. The number of H-pyrrole nitrogens is 1. The quantitative estimate of drug-likeness (QED) is 0.566. The van der Waals surface area contributed by atoms with E-state index in [2.05, 4.69) is 14.6 Å². The zero-order valence-electron chi connectivity index (χ0n) is 16.2. The molecular weight excluding hydrogens is 432 g/mol. The predicted octanol–water partition coefficient (Wildman–Crippen LogP) is 4.08. The van der Waals surface area contributed by atoms with Crippen LogP contribution in [0, 0.1) is 11.6 Å². The molecule has 1 atom stereocenters. The number of halogens is 3. The highest BCUT2D eigenvalue weighted by Gasteiger charge is 2.27. The van der Waals surface area contributed by atoms with Crippen molar-refractivity contribution in [1.29, 1.82) is 0 Å². The molecule has 1 saturated heterocycles. The third-order valence-electron chi connectivity index (χ3n) is 5.45. The predicted molar refractivity (Wildman–Crippen MR) is 113 cm³/mol. The average molecular weight is 454 g/mol. The minimum atomic E-state index is -3.89. The van der Waals surface area contributed by atoms with Gasteiger partial charge in [-0.1, -0.05) is 11.6 Å². The van der Waals surface area contributed by atoms with E-state index in [1.807, 2.05) is 24.4 Å². The number of benzene rings is 2. The summed E-state index contributed by atoms with van der Waals surface area (Å²) >= 11 is 6.10. The highest BCUT2D eigenvalue weighted by molar-refractivity contribution is 7.89. The van der Waals surface area contributed by atoms with E-state index in [0.29, 0.717) is 24.1 Å². The summed E-state index contributed by atoms with van der Waals surface area (Å²) in [5.74, 6) is -2.25. The maximum atomic E-state index is 13.4. The van der Waals surface area contributed by atoms with Crippen LogP contribution in [-0.4, -0.2) is 44.0 Å². The number of aromatic amines is 1. The molecule has 0 spiro atoms. The molecule has 1 unspecified atom stereocenters. The fourth-order valence-corrected chi connectivity index (χ4v) is 5.36. The van der Waals surface area contributed by atoms with Crippen LogP contribution in [0.3, 0.4) is 0 Å². The Morgan fingerprint density at radius 3 is 2.80 bits per heavy atom. The summed E-state index contributed by atoms with van der Waals surface area (Å²) in [7, 11) is -3.89. The number of hydrogen-bond donors (Lipinski definition) is 2. The molecule has 0 amide bonds. The lowest BCUT2D eigenvalue weighted by Crippen LogP contribution is -2.37. The normalized spacial score (nSPS) is 17.8. The van der Waals surface area contributed by atoms with E-state index in [1.54, 1.807) is 0 Å². The van der Waals surface area contributed by atoms with Crippen molar-refractivity contribution in [2.24, 2.45) is 0 Å². The Morgan fingerprint density at radius 1 is 1.17 bits per heavy atom. The number of aryl methyl sites for hydroxylation is 1. The molecule has 30 heavy (non-hydrogen) atoms. The summed E-state index contributed by atoms with van der Waals surface area (Å²) in [6.45, 7) is 2.21. The third-order valence-corrected chi connectivity index (χ3v) is 7.20. The maximum absolute atomic E-state index is 13.4. The minimum Gasteiger partial charge on any atom is -0.361 e. The van der Waals surface area contributed by atoms with Gasteiger partial charge in [0, 0.05) is 34.7 Å². The van der Waals surface area contributed by atoms with Gasteiger partial charge >= 0.3 is 0 Å². The number of aromatic nitrogens is 1. The van der Waals surface area contributed by atoms with Crippen LogP contribution in [0.2, 0.25) is 5.02 Å². The molecule has 1 fully saturated rings. The van der Waals surface area contributed by atoms with Gasteiger partial charge in [-0.25, -0.2) is 21.9 Å². The number of hydrogen-bond acceptors (Lipinski definition) is 3. The van der Waals surface area contributed by atoms with Gasteiger partial charge in [-0.2, -0.15) is 0 Å². The van der Waals surface area contributed by atoms with Crippen LogP contribution in [0.25, 0.3) is 10.9 Å². The summed E-state index contributed by atoms with van der Waals surface area (Å²) in [4.78, 5) is 5.19. The zero-order chi connectivity index (χ0) is 21.3. The molecule has 2 aromatic carbocycles. The van der Waals surface area contributed by atoms with Crippen LogP contribution in [0.4, 0.5) is 8.78 Å². The van der Waals surface area contributed by atoms with Gasteiger partial charge in [-0.3, -0.25) is 0 Å². The fourth-order valence-electron chi connectivity index (χ4n) is 3.91. The van der Waals surface area contributed by atoms with Crippen LogP contribution < -0.4 is 4.72 Å². The first-order chi connectivity index (χ1) is 14.3. The Kier molecular flexibility index (Phi) is 6.11. The second-order valence-corrected chi connectivity index (χ2v) is 9.74. The van der Waals surface area contributed by atoms with Crippen molar-refractivity contribution in [1.82, 2.24) is 14.6 Å². The van der Waals surface area contributed by atoms with E-state index in [4.69, 9.17) is 11.6 Å². The fraction of sp³-hybridized carbons (Fsp3) is 0.333. The van der Waals surface area contributed by atoms with Gasteiger partial charge in [0.25, 0.3) is 0 Å². The number of rotatable bonds is 7. The van der Waals surface area contributed by atoms with Crippen molar-refractivity contribution in [3.63, 3.8) is 0 Å². The first kappa shape index (κ1) is 21.2. The van der Waals surface area contributed by atoms with Gasteiger partial charge in [-0.15, -0.1) is 0 Å². The Hall–Kier alpha value is -2.00. The van der Waals surface area contributed by atoms with Crippen molar-refractivity contribution in [3.8, 4) is 0 Å². The molecule has 1 aromatic heterocycles. The monoisotopic (exact) mass is 453 g/mol. The lowest BCUT2D eigenvalue weighted by Gasteiger charge is -2.17. The van der Waals surface area contributed by atoms with E-state index < -0.39 is 21.7 Å². The average Bonchev–Trinajstić information content (AvgIpc) is 3.30. The largest absolute Gasteiger partial charge is 0.361 e. The van der Waals surface area contributed by atoms with Crippen molar-refractivity contribution < 1.29 is 17.2 Å². The van der Waals surface area contributed by atoms with Crippen LogP contribution >= 0.6 is 11.6 Å². The number of nitrogens with one attached hydrogen (secondary N) is 2. The van der Waals surface area contributed by atoms with E-state index >= 15 is 0 Å². The molecule has 2 N–H and O–H groups in total. The maximum Gasteiger partial charge on any atom is 0.240 e. The Labute approximate surface area is 179 Å². The van der Waals surface area contributed by atoms with Crippen molar-refractivity contribution in [3.05, 3.63) is 64.8 Å². The number of likely N-dealkylation sites (tertiary alicyclic amines) is 1. The molecule has 160 valence electrons. The molecule has 5 nitrogen and oxygen atoms in total. The number of sulfonamides is 1. The molecule has 0 bridgehead atoms. The van der Waals surface area contributed by atoms with Crippen molar-refractivity contribution >= 4 is 32.5 Å². The molecule has 4 rings (SSSR count). The van der Waals surface area contributed by atoms with Gasteiger partial charge in [0.1, 0.15) is 0 Å². The van der Waals surface area contributed by atoms with E-state index in [-0.39, 0.29) is 10.9 Å². The Bertz CT molecular complexity index is 1170. The van der Waals surface area contributed by atoms with Crippen molar-refractivity contribution in [2.75, 3.05) is 19.6 Å². The standard InChI is InChI=1S/C21H22ClF2N3O2S/c22-15-3-6-21-18(10-15)14(12-25-21)2-1-8-27-9-7-16(13-27)26-30(28,29)17-4-5-19(23)20(24)11-17/h3-6,10-12,16,25-26H,1-2,7-9,13H2. The van der Waals surface area contributed by atoms with Crippen LogP contribution in [-0.2, 0) is 16.4 Å². The lowest BCUT2D eigenvalue weighted by atomic mass is 10.1. The van der Waals surface area contributed by atoms with Crippen LogP contribution in [0.1, 0.15) is 18.4 Å². The van der Waals surface area contributed by atoms with Gasteiger partial charge in [0.2, 0.25) is 10.0 Å². The second kappa shape index (κ2) is 8.63. The second-order valence-electron chi connectivity index (χ2n) is 7.59. The summed E-state index contributed by atoms with van der Waals surface area (Å²) < 4.78 is 53.9. The topological polar surface area (TPSA) is 65.2 Å². The summed E-state index contributed by atoms with van der Waals surface area (Å²) in [6.07, 6.45) is 4.50. The SMILES string of the molecule is O=S(=O)(NC1CCN(CCCc2c[nH]c3ccc(Cl)cc23)C1)c1ccc(F)c(F)c1. The smallest absolute Gasteiger partial charge is 0.240 e. The van der Waals surface area contributed by atoms with Crippen LogP contribution in [0.5, 0.6) is 0 Å². The molecule has 2 heterocycles. The minimum absolute atomic E-state index is 0.255. The number of nitrogens with zero attached hydrogens (tertiary/aromatic N) is 1. The van der Waals surface area contributed by atoms with Gasteiger partial charge in [-0.05, 0) is 74.3 Å². The van der Waals surface area contributed by atoms with E-state index in [1.165, 1.54) is 5.56 Å². The Morgan fingerprint density at radius 2 is 2.00 bits per heavy atom. The van der Waals surface area contributed by atoms with Gasteiger partial charge in [0.15, 0.2) is 11.6 Å². The Balaban J connectivity index is 1.30. The molecule has 1 aliphatic heterocycles. The van der Waals surface area contributed by atoms with Crippen LogP contribution in [0.15, 0.2) is 47.5 Å². The molecule has 0 radical (unpaired) electrons. The van der Waals surface area contributed by atoms with E-state index in [9.17, 15) is 17.2 Å². The first-order valence-electron chi connectivity index (χ1n) is 9.77. The first-order valence-corrected chi connectivity index (χ1v) is 11.6. The summed E-state index contributed by atoms with van der Waals surface area (Å²) in [6, 6.07) is 8.12. The lowest BCUT2D eigenvalue weighted by molar-refractivity contribution is 0.327. The highest BCUT2D eigenvalue weighted by atomic mass is 35.5. The molecule has 0 saturated carbocycles. The molecular formula is C21H22ClF2N3O2S. The summed E-state index contributed by atoms with van der Waals surface area (Å²) in [5, 5.41) is 1.83. The molecule has 1 aliphatic rings. The van der Waals surface area contributed by atoms with E-state index in [0.717, 1.165) is 49.0 Å². The van der Waals surface area contributed by atoms with Crippen molar-refractivity contribution in [2.45, 2.75) is 30.2 Å². The van der Waals surface area contributed by atoms with Gasteiger partial charge in [0.05, 0.1) is 4.90 Å². The molecule has 3 aromatic rings. The number of fused-ring (bicyclic) bond motifs is 1. The molecule has 9 heteroatoms. The van der Waals surface area contributed by atoms with Gasteiger partial charge < -0.3 is 9.88 Å². The third kappa shape index (κ3) is 4.67. The zero-order valence-corrected chi connectivity index (χ0v) is 17.7. The highest BCUT2D eigenvalue weighted by Crippen LogP contribution is 2.24. The summed E-state index contributed by atoms with van der Waals surface area (Å²) in [5.41, 5.74) is 2.27.